The minimum absolute atomic E-state index is 0.103. The number of methoxy groups -OCH3 is 1. The molecule has 2 heterocycles. The van der Waals surface area contributed by atoms with Crippen molar-refractivity contribution < 1.29 is 24.2 Å². The number of hydrogen-bond acceptors (Lipinski definition) is 7. The van der Waals surface area contributed by atoms with Crippen molar-refractivity contribution in [3.63, 3.8) is 0 Å². The maximum absolute atomic E-state index is 13.5. The SMILES string of the molecule is COc1cc(C2C(C(=O)c3ccc(Cl)cc3)C(=O)C(=O)N2c2nc3ccccc3s2)ccc1O. The lowest BCUT2D eigenvalue weighted by atomic mass is 9.86. The Balaban J connectivity index is 1.68. The van der Waals surface area contributed by atoms with Crippen molar-refractivity contribution >= 4 is 55.8 Å². The summed E-state index contributed by atoms with van der Waals surface area (Å²) in [7, 11) is 1.39. The van der Waals surface area contributed by atoms with Gasteiger partial charge in [0.05, 0.1) is 23.4 Å². The largest absolute Gasteiger partial charge is 0.504 e. The normalized spacial score (nSPS) is 18.0. The molecule has 7 nitrogen and oxygen atoms in total. The first-order valence-electron chi connectivity index (χ1n) is 10.3. The molecule has 170 valence electrons. The molecule has 1 saturated heterocycles. The average molecular weight is 493 g/mol. The number of thiazole rings is 1. The molecule has 2 unspecified atom stereocenters. The van der Waals surface area contributed by atoms with Crippen LogP contribution in [0.5, 0.6) is 11.5 Å². The molecule has 1 aliphatic rings. The van der Waals surface area contributed by atoms with E-state index in [2.05, 4.69) is 4.98 Å². The quantitative estimate of drug-likeness (QED) is 0.244. The summed E-state index contributed by atoms with van der Waals surface area (Å²) in [5.74, 6) is -3.40. The van der Waals surface area contributed by atoms with Gasteiger partial charge in [-0.2, -0.15) is 0 Å². The number of ether oxygens (including phenoxy) is 1. The number of para-hydroxylation sites is 1. The van der Waals surface area contributed by atoms with Crippen LogP contribution < -0.4 is 9.64 Å². The zero-order valence-corrected chi connectivity index (χ0v) is 19.3. The lowest BCUT2D eigenvalue weighted by molar-refractivity contribution is -0.135. The number of phenolic OH excluding ortho intramolecular Hbond substituents is 1. The summed E-state index contributed by atoms with van der Waals surface area (Å²) in [5, 5.41) is 10.8. The number of fused-ring (bicyclic) bond motifs is 1. The lowest BCUT2D eigenvalue weighted by Crippen LogP contribution is -2.30. The van der Waals surface area contributed by atoms with Crippen LogP contribution in [-0.2, 0) is 9.59 Å². The van der Waals surface area contributed by atoms with Gasteiger partial charge in [0.25, 0.3) is 5.91 Å². The number of Topliss-reactive ketones (excluding diaryl/α,β-unsaturated/α-hetero) is 2. The first-order chi connectivity index (χ1) is 16.4. The molecule has 1 N–H and O–H groups in total. The second-order valence-electron chi connectivity index (χ2n) is 7.73. The van der Waals surface area contributed by atoms with Crippen LogP contribution in [0, 0.1) is 5.92 Å². The van der Waals surface area contributed by atoms with E-state index in [1.54, 1.807) is 18.2 Å². The number of halogens is 1. The number of aromatic nitrogens is 1. The fourth-order valence-corrected chi connectivity index (χ4v) is 5.24. The molecule has 2 atom stereocenters. The molecule has 4 aromatic rings. The third-order valence-corrected chi connectivity index (χ3v) is 7.04. The molecule has 1 amide bonds. The fourth-order valence-electron chi connectivity index (χ4n) is 4.12. The van der Waals surface area contributed by atoms with Gasteiger partial charge in [0.1, 0.15) is 5.92 Å². The van der Waals surface area contributed by atoms with Gasteiger partial charge in [-0.1, -0.05) is 41.1 Å². The van der Waals surface area contributed by atoms with E-state index in [1.807, 2.05) is 24.3 Å². The summed E-state index contributed by atoms with van der Waals surface area (Å²) in [6, 6.07) is 17.1. The highest BCUT2D eigenvalue weighted by atomic mass is 35.5. The predicted octanol–water partition coefficient (Wildman–Crippen LogP) is 4.82. The van der Waals surface area contributed by atoms with Crippen LogP contribution in [0.1, 0.15) is 22.0 Å². The zero-order chi connectivity index (χ0) is 24.0. The van der Waals surface area contributed by atoms with Crippen molar-refractivity contribution in [1.82, 2.24) is 4.98 Å². The highest BCUT2D eigenvalue weighted by Gasteiger charge is 2.53. The summed E-state index contributed by atoms with van der Waals surface area (Å²) < 4.78 is 6.07. The van der Waals surface area contributed by atoms with Gasteiger partial charge < -0.3 is 9.84 Å². The lowest BCUT2D eigenvalue weighted by Gasteiger charge is -2.25. The molecule has 0 radical (unpaired) electrons. The van der Waals surface area contributed by atoms with Gasteiger partial charge in [0.15, 0.2) is 22.4 Å². The van der Waals surface area contributed by atoms with Crippen LogP contribution in [0.4, 0.5) is 5.13 Å². The molecular weight excluding hydrogens is 476 g/mol. The molecule has 1 fully saturated rings. The summed E-state index contributed by atoms with van der Waals surface area (Å²) in [5.41, 5.74) is 1.40. The van der Waals surface area contributed by atoms with Crippen LogP contribution in [0.3, 0.4) is 0 Å². The van der Waals surface area contributed by atoms with Crippen molar-refractivity contribution in [2.75, 3.05) is 12.0 Å². The Labute approximate surface area is 203 Å². The van der Waals surface area contributed by atoms with E-state index in [0.717, 1.165) is 4.70 Å². The smallest absolute Gasteiger partial charge is 0.297 e. The molecular formula is C25H17ClN2O5S. The maximum Gasteiger partial charge on any atom is 0.297 e. The third kappa shape index (κ3) is 3.61. The molecule has 0 aliphatic carbocycles. The van der Waals surface area contributed by atoms with Gasteiger partial charge in [-0.05, 0) is 54.1 Å². The molecule has 1 aromatic heterocycles. The van der Waals surface area contributed by atoms with Crippen molar-refractivity contribution in [3.05, 3.63) is 82.9 Å². The first-order valence-corrected chi connectivity index (χ1v) is 11.5. The Morgan fingerprint density at radius 1 is 1.09 bits per heavy atom. The minimum Gasteiger partial charge on any atom is -0.504 e. The Hall–Kier alpha value is -3.75. The van der Waals surface area contributed by atoms with E-state index >= 15 is 0 Å². The van der Waals surface area contributed by atoms with Gasteiger partial charge in [0.2, 0.25) is 5.78 Å². The second kappa shape index (κ2) is 8.55. The van der Waals surface area contributed by atoms with Gasteiger partial charge >= 0.3 is 0 Å². The number of aromatic hydroxyl groups is 1. The van der Waals surface area contributed by atoms with Crippen molar-refractivity contribution in [1.29, 1.82) is 0 Å². The average Bonchev–Trinajstić information content (AvgIpc) is 3.38. The number of phenols is 1. The Morgan fingerprint density at radius 3 is 2.53 bits per heavy atom. The number of carbonyl (C=O) groups excluding carboxylic acids is 3. The topological polar surface area (TPSA) is 96.8 Å². The number of rotatable bonds is 5. The molecule has 5 rings (SSSR count). The second-order valence-corrected chi connectivity index (χ2v) is 9.17. The van der Waals surface area contributed by atoms with Gasteiger partial charge in [-0.25, -0.2) is 4.98 Å². The third-order valence-electron chi connectivity index (χ3n) is 5.75. The number of hydrogen-bond donors (Lipinski definition) is 1. The Bertz CT molecular complexity index is 1420. The summed E-state index contributed by atoms with van der Waals surface area (Å²) in [6.45, 7) is 0. The molecule has 0 spiro atoms. The van der Waals surface area contributed by atoms with E-state index in [9.17, 15) is 19.5 Å². The van der Waals surface area contributed by atoms with E-state index in [1.165, 1.54) is 47.6 Å². The van der Waals surface area contributed by atoms with E-state index in [0.29, 0.717) is 21.2 Å². The Kier molecular flexibility index (Phi) is 5.55. The monoisotopic (exact) mass is 492 g/mol. The molecule has 34 heavy (non-hydrogen) atoms. The van der Waals surface area contributed by atoms with E-state index in [-0.39, 0.29) is 17.1 Å². The standard InChI is InChI=1S/C25H17ClN2O5S/c1-33-18-12-14(8-11-17(18)29)21-20(22(30)13-6-9-15(26)10-7-13)23(31)24(32)28(21)25-27-16-4-2-3-5-19(16)34-25/h2-12,20-21,29H,1H3. The summed E-state index contributed by atoms with van der Waals surface area (Å²) >= 11 is 7.21. The molecule has 0 bridgehead atoms. The number of ketones is 2. The maximum atomic E-state index is 13.5. The van der Waals surface area contributed by atoms with Crippen LogP contribution in [0.25, 0.3) is 10.2 Å². The summed E-state index contributed by atoms with van der Waals surface area (Å²) in [4.78, 5) is 45.9. The predicted molar refractivity (Wildman–Crippen MR) is 129 cm³/mol. The van der Waals surface area contributed by atoms with Gasteiger partial charge in [-0.3, -0.25) is 19.3 Å². The van der Waals surface area contributed by atoms with Crippen LogP contribution in [0.2, 0.25) is 5.02 Å². The zero-order valence-electron chi connectivity index (χ0n) is 17.8. The first kappa shape index (κ1) is 22.1. The number of anilines is 1. The molecule has 0 saturated carbocycles. The highest BCUT2D eigenvalue weighted by molar-refractivity contribution is 7.22. The van der Waals surface area contributed by atoms with Crippen molar-refractivity contribution in [2.24, 2.45) is 5.92 Å². The number of benzene rings is 3. The van der Waals surface area contributed by atoms with Crippen LogP contribution in [-0.4, -0.2) is 34.7 Å². The number of amides is 1. The number of carbonyl (C=O) groups is 3. The molecule has 1 aliphatic heterocycles. The van der Waals surface area contributed by atoms with Gasteiger partial charge in [-0.15, -0.1) is 0 Å². The minimum atomic E-state index is -1.31. The van der Waals surface area contributed by atoms with Crippen LogP contribution >= 0.6 is 22.9 Å². The number of nitrogens with zero attached hydrogens (tertiary/aromatic N) is 2. The fraction of sp³-hybridized carbons (Fsp3) is 0.120. The Morgan fingerprint density at radius 2 is 1.82 bits per heavy atom. The highest BCUT2D eigenvalue weighted by Crippen LogP contribution is 2.45. The van der Waals surface area contributed by atoms with E-state index < -0.39 is 29.4 Å². The van der Waals surface area contributed by atoms with Crippen molar-refractivity contribution in [2.45, 2.75) is 6.04 Å². The molecule has 3 aromatic carbocycles. The summed E-state index contributed by atoms with van der Waals surface area (Å²) in [6.07, 6.45) is 0. The molecule has 9 heteroatoms. The van der Waals surface area contributed by atoms with Gasteiger partial charge in [0, 0.05) is 10.6 Å². The van der Waals surface area contributed by atoms with Crippen LogP contribution in [0.15, 0.2) is 66.7 Å². The van der Waals surface area contributed by atoms with E-state index in [4.69, 9.17) is 16.3 Å². The van der Waals surface area contributed by atoms with Crippen molar-refractivity contribution in [3.8, 4) is 11.5 Å².